The van der Waals surface area contributed by atoms with Gasteiger partial charge >= 0.3 is 5.97 Å². The third kappa shape index (κ3) is 4.54. The van der Waals surface area contributed by atoms with E-state index in [0.717, 1.165) is 5.56 Å². The number of amides is 2. The quantitative estimate of drug-likeness (QED) is 0.328. The van der Waals surface area contributed by atoms with Crippen LogP contribution in [0.15, 0.2) is 67.3 Å². The molecular formula is C31H35ClN2O5S. The van der Waals surface area contributed by atoms with Crippen LogP contribution in [-0.2, 0) is 25.5 Å². The summed E-state index contributed by atoms with van der Waals surface area (Å²) in [5, 5.41) is 11.1. The zero-order valence-corrected chi connectivity index (χ0v) is 24.4. The molecule has 0 saturated carbocycles. The number of aliphatic hydroxyl groups is 1. The molecule has 1 N–H and O–H groups in total. The number of nitrogens with zero attached hydrogens (tertiary/aromatic N) is 2. The maximum absolute atomic E-state index is 14.8. The molecule has 2 aromatic carbocycles. The highest BCUT2D eigenvalue weighted by atomic mass is 35.5. The number of rotatable bonds is 10. The van der Waals surface area contributed by atoms with E-state index in [9.17, 15) is 19.5 Å². The largest absolute Gasteiger partial charge is 0.466 e. The van der Waals surface area contributed by atoms with Gasteiger partial charge in [-0.1, -0.05) is 60.1 Å². The highest BCUT2D eigenvalue weighted by molar-refractivity contribution is 8.02. The van der Waals surface area contributed by atoms with Gasteiger partial charge in [0.15, 0.2) is 0 Å². The summed E-state index contributed by atoms with van der Waals surface area (Å²) in [7, 11) is 0. The second kappa shape index (κ2) is 11.2. The second-order valence-corrected chi connectivity index (χ2v) is 13.2. The van der Waals surface area contributed by atoms with E-state index in [2.05, 4.69) is 6.58 Å². The number of para-hydroxylation sites is 1. The van der Waals surface area contributed by atoms with E-state index >= 15 is 0 Å². The smallest absolute Gasteiger partial charge is 0.311 e. The molecule has 9 heteroatoms. The number of halogens is 1. The molecule has 40 heavy (non-hydrogen) atoms. The van der Waals surface area contributed by atoms with Crippen LogP contribution in [0.4, 0.5) is 5.69 Å². The molecule has 0 radical (unpaired) electrons. The molecule has 0 aromatic heterocycles. The van der Waals surface area contributed by atoms with Crippen LogP contribution in [0.25, 0.3) is 0 Å². The predicted octanol–water partition coefficient (Wildman–Crippen LogP) is 4.51. The lowest BCUT2D eigenvalue weighted by Crippen LogP contribution is -2.58. The summed E-state index contributed by atoms with van der Waals surface area (Å²) in [5.41, 5.74) is 1.46. The van der Waals surface area contributed by atoms with Gasteiger partial charge in [-0.15, -0.1) is 18.3 Å². The Hall–Kier alpha value is -2.81. The maximum Gasteiger partial charge on any atom is 0.311 e. The first-order valence-electron chi connectivity index (χ1n) is 13.7. The van der Waals surface area contributed by atoms with E-state index in [0.29, 0.717) is 30.0 Å². The van der Waals surface area contributed by atoms with Crippen molar-refractivity contribution in [1.29, 1.82) is 0 Å². The molecule has 3 fully saturated rings. The lowest BCUT2D eigenvalue weighted by atomic mass is 9.66. The lowest BCUT2D eigenvalue weighted by Gasteiger charge is -2.39. The Morgan fingerprint density at radius 1 is 1.23 bits per heavy atom. The van der Waals surface area contributed by atoms with Crippen molar-refractivity contribution in [2.45, 2.75) is 54.7 Å². The van der Waals surface area contributed by atoms with Crippen molar-refractivity contribution in [3.05, 3.63) is 77.8 Å². The summed E-state index contributed by atoms with van der Waals surface area (Å²) in [5.74, 6) is -2.38. The van der Waals surface area contributed by atoms with E-state index < -0.39 is 39.4 Å². The zero-order valence-electron chi connectivity index (χ0n) is 22.8. The molecule has 7 nitrogen and oxygen atoms in total. The van der Waals surface area contributed by atoms with Crippen molar-refractivity contribution in [2.75, 3.05) is 24.7 Å². The fourth-order valence-corrected chi connectivity index (χ4v) is 9.58. The summed E-state index contributed by atoms with van der Waals surface area (Å²) < 4.78 is 4.11. The second-order valence-electron chi connectivity index (χ2n) is 10.9. The average Bonchev–Trinajstić information content (AvgIpc) is 3.52. The molecule has 5 rings (SSSR count). The fraction of sp³-hybridized carbons (Fsp3) is 0.452. The van der Waals surface area contributed by atoms with Gasteiger partial charge in [0.05, 0.1) is 46.5 Å². The molecule has 0 aliphatic carbocycles. The summed E-state index contributed by atoms with van der Waals surface area (Å²) in [4.78, 5) is 45.8. The number of ether oxygens (including phenoxy) is 1. The number of benzene rings is 2. The standard InChI is InChI=1S/C31H35ClN2O5S/c1-4-17-33(23-14-10-9-13-22(23)32)28(37)26-31-16-15-30(3,40-31)25(29(38)39-5-2)24(31)27(36)34(26)21(19-35)18-20-11-7-6-8-12-20/h4,6-14,21,24-26,35H,1,5,15-19H2,2-3H3/t21-,24+,25+,26?,30-,31?/m1/s1. The number of carbonyl (C=O) groups excluding carboxylic acids is 3. The topological polar surface area (TPSA) is 87.2 Å². The van der Waals surface area contributed by atoms with Gasteiger partial charge in [-0.3, -0.25) is 14.4 Å². The highest BCUT2D eigenvalue weighted by Crippen LogP contribution is 2.72. The summed E-state index contributed by atoms with van der Waals surface area (Å²) in [6, 6.07) is 15.1. The minimum Gasteiger partial charge on any atom is -0.466 e. The Kier molecular flexibility index (Phi) is 8.06. The molecule has 3 saturated heterocycles. The Labute approximate surface area is 244 Å². The number of esters is 1. The molecule has 2 amide bonds. The third-order valence-electron chi connectivity index (χ3n) is 8.63. The zero-order chi connectivity index (χ0) is 28.7. The average molecular weight is 583 g/mol. The van der Waals surface area contributed by atoms with Crippen LogP contribution in [0, 0.1) is 11.8 Å². The summed E-state index contributed by atoms with van der Waals surface area (Å²) >= 11 is 8.14. The van der Waals surface area contributed by atoms with Gasteiger partial charge in [0.25, 0.3) is 5.91 Å². The SMILES string of the molecule is C=CCN(C(=O)C1N([C@@H](CO)Cc2ccccc2)C(=O)[C@@H]2[C@@H](C(=O)OCC)[C@@]3(C)CCC12S3)c1ccccc1Cl. The molecule has 3 aliphatic heterocycles. The van der Waals surface area contributed by atoms with Crippen LogP contribution in [0.1, 0.15) is 32.3 Å². The first-order chi connectivity index (χ1) is 19.2. The molecule has 3 heterocycles. The number of anilines is 1. The van der Waals surface area contributed by atoms with Crippen molar-refractivity contribution in [2.24, 2.45) is 11.8 Å². The van der Waals surface area contributed by atoms with Crippen molar-refractivity contribution in [1.82, 2.24) is 4.90 Å². The Bertz CT molecular complexity index is 1310. The molecule has 2 unspecified atom stereocenters. The van der Waals surface area contributed by atoms with E-state index in [-0.39, 0.29) is 31.6 Å². The lowest BCUT2D eigenvalue weighted by molar-refractivity contribution is -0.155. The van der Waals surface area contributed by atoms with Gasteiger partial charge in [-0.2, -0.15) is 0 Å². The van der Waals surface area contributed by atoms with E-state index in [1.807, 2.05) is 43.3 Å². The number of aliphatic hydroxyl groups excluding tert-OH is 1. The van der Waals surface area contributed by atoms with Gasteiger partial charge < -0.3 is 19.6 Å². The van der Waals surface area contributed by atoms with Crippen molar-refractivity contribution in [3.8, 4) is 0 Å². The molecule has 1 spiro atoms. The third-order valence-corrected chi connectivity index (χ3v) is 10.9. The minimum atomic E-state index is -0.909. The van der Waals surface area contributed by atoms with Gasteiger partial charge in [-0.25, -0.2) is 0 Å². The molecule has 2 aromatic rings. The molecular weight excluding hydrogens is 548 g/mol. The highest BCUT2D eigenvalue weighted by Gasteiger charge is 2.78. The van der Waals surface area contributed by atoms with Gasteiger partial charge in [-0.05, 0) is 50.8 Å². The van der Waals surface area contributed by atoms with Crippen LogP contribution in [0.5, 0.6) is 0 Å². The van der Waals surface area contributed by atoms with Crippen LogP contribution >= 0.6 is 23.4 Å². The number of carbonyl (C=O) groups is 3. The van der Waals surface area contributed by atoms with Crippen LogP contribution in [-0.4, -0.2) is 69.1 Å². The van der Waals surface area contributed by atoms with E-state index in [1.54, 1.807) is 52.8 Å². The van der Waals surface area contributed by atoms with Crippen molar-refractivity contribution < 1.29 is 24.2 Å². The molecule has 6 atom stereocenters. The maximum atomic E-state index is 14.8. The monoisotopic (exact) mass is 582 g/mol. The number of hydrogen-bond acceptors (Lipinski definition) is 6. The number of thioether (sulfide) groups is 1. The molecule has 2 bridgehead atoms. The minimum absolute atomic E-state index is 0.188. The van der Waals surface area contributed by atoms with E-state index in [4.69, 9.17) is 16.3 Å². The first-order valence-corrected chi connectivity index (χ1v) is 14.9. The number of likely N-dealkylation sites (tertiary alicyclic amines) is 1. The van der Waals surface area contributed by atoms with Crippen molar-refractivity contribution >= 4 is 46.8 Å². The predicted molar refractivity (Wildman–Crippen MR) is 157 cm³/mol. The molecule has 212 valence electrons. The van der Waals surface area contributed by atoms with Gasteiger partial charge in [0, 0.05) is 11.3 Å². The van der Waals surface area contributed by atoms with Gasteiger partial charge in [0.2, 0.25) is 5.91 Å². The van der Waals surface area contributed by atoms with Crippen LogP contribution in [0.2, 0.25) is 5.02 Å². The van der Waals surface area contributed by atoms with Crippen LogP contribution < -0.4 is 4.90 Å². The normalized spacial score (nSPS) is 29.2. The fourth-order valence-electron chi connectivity index (χ4n) is 7.02. The van der Waals surface area contributed by atoms with Crippen LogP contribution in [0.3, 0.4) is 0 Å². The van der Waals surface area contributed by atoms with Crippen molar-refractivity contribution in [3.63, 3.8) is 0 Å². The van der Waals surface area contributed by atoms with E-state index in [1.165, 1.54) is 0 Å². The Morgan fingerprint density at radius 2 is 1.93 bits per heavy atom. The number of fused-ring (bicyclic) bond motifs is 1. The Balaban J connectivity index is 1.64. The summed E-state index contributed by atoms with van der Waals surface area (Å²) in [6.45, 7) is 7.70. The molecule has 3 aliphatic rings. The Morgan fingerprint density at radius 3 is 2.58 bits per heavy atom. The summed E-state index contributed by atoms with van der Waals surface area (Å²) in [6.07, 6.45) is 3.28. The first kappa shape index (κ1) is 28.7. The number of hydrogen-bond donors (Lipinski definition) is 1. The van der Waals surface area contributed by atoms with Gasteiger partial charge in [0.1, 0.15) is 6.04 Å².